The molecular weight excluding hydrogens is 281 g/mol. The topological polar surface area (TPSA) is 3.24 Å². The summed E-state index contributed by atoms with van der Waals surface area (Å²) in [6.07, 6.45) is 1.32. The Kier molecular flexibility index (Phi) is 4.21. The van der Waals surface area contributed by atoms with Crippen LogP contribution in [0, 0.1) is 17.7 Å². The second kappa shape index (κ2) is 5.49. The molecule has 0 spiro atoms. The van der Waals surface area contributed by atoms with Crippen LogP contribution in [0.15, 0.2) is 22.7 Å². The Morgan fingerprint density at radius 3 is 2.53 bits per heavy atom. The third-order valence-electron chi connectivity index (χ3n) is 3.35. The number of hydrogen-bond acceptors (Lipinski definition) is 1. The highest BCUT2D eigenvalue weighted by Gasteiger charge is 2.22. The third-order valence-corrected chi connectivity index (χ3v) is 4.09. The summed E-state index contributed by atoms with van der Waals surface area (Å²) < 4.78 is 13.9. The molecule has 0 radical (unpaired) electrons. The predicted molar refractivity (Wildman–Crippen MR) is 72.3 cm³/mol. The molecule has 1 aliphatic rings. The van der Waals surface area contributed by atoms with Gasteiger partial charge in [-0.05, 0) is 36.0 Å². The maximum absolute atomic E-state index is 13.0. The van der Waals surface area contributed by atoms with E-state index in [1.165, 1.54) is 18.1 Å². The molecule has 0 amide bonds. The van der Waals surface area contributed by atoms with Crippen LogP contribution < -0.4 is 0 Å². The van der Waals surface area contributed by atoms with Crippen LogP contribution >= 0.6 is 15.9 Å². The second-order valence-corrected chi connectivity index (χ2v) is 6.23. The standard InChI is InChI=1S/C14H19BrFN/c1-10-5-11(2)8-17(7-10)9-12-3-4-13(16)6-14(12)15/h3-4,6,10-11H,5,7-9H2,1-2H3. The van der Waals surface area contributed by atoms with Crippen molar-refractivity contribution >= 4 is 15.9 Å². The fourth-order valence-corrected chi connectivity index (χ4v) is 3.29. The molecule has 94 valence electrons. The molecule has 3 heteroatoms. The minimum Gasteiger partial charge on any atom is -0.299 e. The number of nitrogens with zero attached hydrogens (tertiary/aromatic N) is 1. The Labute approximate surface area is 111 Å². The van der Waals surface area contributed by atoms with Crippen molar-refractivity contribution in [1.29, 1.82) is 0 Å². The van der Waals surface area contributed by atoms with E-state index in [-0.39, 0.29) is 5.82 Å². The monoisotopic (exact) mass is 299 g/mol. The summed E-state index contributed by atoms with van der Waals surface area (Å²) in [5, 5.41) is 0. The van der Waals surface area contributed by atoms with Crippen molar-refractivity contribution in [2.45, 2.75) is 26.8 Å². The van der Waals surface area contributed by atoms with Crippen molar-refractivity contribution in [3.8, 4) is 0 Å². The predicted octanol–water partition coefficient (Wildman–Crippen LogP) is 4.07. The highest BCUT2D eigenvalue weighted by atomic mass is 79.9. The van der Waals surface area contributed by atoms with Crippen LogP contribution in [0.3, 0.4) is 0 Å². The van der Waals surface area contributed by atoms with Crippen LogP contribution in [0.4, 0.5) is 4.39 Å². The quantitative estimate of drug-likeness (QED) is 0.796. The van der Waals surface area contributed by atoms with Gasteiger partial charge in [-0.2, -0.15) is 0 Å². The number of hydrogen-bond donors (Lipinski definition) is 0. The van der Waals surface area contributed by atoms with Gasteiger partial charge in [-0.1, -0.05) is 35.8 Å². The average Bonchev–Trinajstić information content (AvgIpc) is 2.21. The van der Waals surface area contributed by atoms with Gasteiger partial charge in [-0.25, -0.2) is 4.39 Å². The number of benzene rings is 1. The van der Waals surface area contributed by atoms with E-state index in [2.05, 4.69) is 34.7 Å². The lowest BCUT2D eigenvalue weighted by Crippen LogP contribution is -2.38. The van der Waals surface area contributed by atoms with Gasteiger partial charge in [0.05, 0.1) is 0 Å². The van der Waals surface area contributed by atoms with E-state index in [0.29, 0.717) is 0 Å². The van der Waals surface area contributed by atoms with E-state index in [1.54, 1.807) is 6.07 Å². The Bertz CT molecular complexity index is 384. The molecule has 0 bridgehead atoms. The lowest BCUT2D eigenvalue weighted by atomic mass is 9.91. The molecule has 2 atom stereocenters. The van der Waals surface area contributed by atoms with Gasteiger partial charge in [-0.3, -0.25) is 4.90 Å². The molecule has 1 heterocycles. The average molecular weight is 300 g/mol. The molecule has 1 nitrogen and oxygen atoms in total. The minimum atomic E-state index is -0.180. The van der Waals surface area contributed by atoms with Crippen LogP contribution in [-0.4, -0.2) is 18.0 Å². The molecule has 1 aromatic carbocycles. The van der Waals surface area contributed by atoms with E-state index in [4.69, 9.17) is 0 Å². The van der Waals surface area contributed by atoms with Gasteiger partial charge >= 0.3 is 0 Å². The van der Waals surface area contributed by atoms with Crippen molar-refractivity contribution in [1.82, 2.24) is 4.90 Å². The highest BCUT2D eigenvalue weighted by molar-refractivity contribution is 9.10. The van der Waals surface area contributed by atoms with Crippen LogP contribution in [0.5, 0.6) is 0 Å². The van der Waals surface area contributed by atoms with Crippen molar-refractivity contribution in [3.63, 3.8) is 0 Å². The number of rotatable bonds is 2. The van der Waals surface area contributed by atoms with Crippen molar-refractivity contribution in [2.24, 2.45) is 11.8 Å². The summed E-state index contributed by atoms with van der Waals surface area (Å²) in [6.45, 7) is 7.82. The van der Waals surface area contributed by atoms with E-state index >= 15 is 0 Å². The molecule has 2 unspecified atom stereocenters. The molecule has 0 N–H and O–H groups in total. The zero-order chi connectivity index (χ0) is 12.4. The molecule has 1 fully saturated rings. The lowest BCUT2D eigenvalue weighted by molar-refractivity contribution is 0.134. The van der Waals surface area contributed by atoms with E-state index in [9.17, 15) is 4.39 Å². The Morgan fingerprint density at radius 2 is 1.94 bits per heavy atom. The summed E-state index contributed by atoms with van der Waals surface area (Å²) in [6, 6.07) is 4.96. The Hall–Kier alpha value is -0.410. The van der Waals surface area contributed by atoms with Crippen molar-refractivity contribution < 1.29 is 4.39 Å². The van der Waals surface area contributed by atoms with E-state index in [0.717, 1.165) is 35.9 Å². The summed E-state index contributed by atoms with van der Waals surface area (Å²) in [4.78, 5) is 2.47. The first-order chi connectivity index (χ1) is 8.04. The molecule has 2 rings (SSSR count). The Balaban J connectivity index is 2.04. The van der Waals surface area contributed by atoms with Gasteiger partial charge in [0.15, 0.2) is 0 Å². The van der Waals surface area contributed by atoms with Gasteiger partial charge in [0, 0.05) is 24.1 Å². The highest BCUT2D eigenvalue weighted by Crippen LogP contribution is 2.25. The summed E-state index contributed by atoms with van der Waals surface area (Å²) in [7, 11) is 0. The summed E-state index contributed by atoms with van der Waals surface area (Å²) >= 11 is 3.44. The Morgan fingerprint density at radius 1 is 1.29 bits per heavy atom. The normalized spacial score (nSPS) is 26.1. The minimum absolute atomic E-state index is 0.180. The molecule has 1 aromatic rings. The largest absolute Gasteiger partial charge is 0.299 e. The zero-order valence-corrected chi connectivity index (χ0v) is 12.0. The molecule has 0 aromatic heterocycles. The van der Waals surface area contributed by atoms with E-state index in [1.807, 2.05) is 6.07 Å². The van der Waals surface area contributed by atoms with Crippen molar-refractivity contribution in [2.75, 3.05) is 13.1 Å². The number of piperidine rings is 1. The van der Waals surface area contributed by atoms with Crippen molar-refractivity contribution in [3.05, 3.63) is 34.1 Å². The van der Waals surface area contributed by atoms with Crippen LogP contribution in [-0.2, 0) is 6.54 Å². The first kappa shape index (κ1) is 13.0. The van der Waals surface area contributed by atoms with E-state index < -0.39 is 0 Å². The maximum atomic E-state index is 13.0. The SMILES string of the molecule is CC1CC(C)CN(Cc2ccc(F)cc2Br)C1. The molecular formula is C14H19BrFN. The lowest BCUT2D eigenvalue weighted by Gasteiger charge is -2.35. The summed E-state index contributed by atoms with van der Waals surface area (Å²) in [5.41, 5.74) is 1.17. The smallest absolute Gasteiger partial charge is 0.124 e. The molecule has 17 heavy (non-hydrogen) atoms. The first-order valence-electron chi connectivity index (χ1n) is 6.21. The molecule has 1 saturated heterocycles. The number of likely N-dealkylation sites (tertiary alicyclic amines) is 1. The van der Waals surface area contributed by atoms with Gasteiger partial charge in [0.2, 0.25) is 0 Å². The molecule has 0 saturated carbocycles. The first-order valence-corrected chi connectivity index (χ1v) is 7.00. The third kappa shape index (κ3) is 3.52. The van der Waals surface area contributed by atoms with Gasteiger partial charge < -0.3 is 0 Å². The summed E-state index contributed by atoms with van der Waals surface area (Å²) in [5.74, 6) is 1.34. The molecule has 0 aliphatic carbocycles. The molecule has 1 aliphatic heterocycles. The van der Waals surface area contributed by atoms with Gasteiger partial charge in [0.1, 0.15) is 5.82 Å². The van der Waals surface area contributed by atoms with Crippen LogP contribution in [0.2, 0.25) is 0 Å². The number of halogens is 2. The van der Waals surface area contributed by atoms with Gasteiger partial charge in [-0.15, -0.1) is 0 Å². The fourth-order valence-electron chi connectivity index (χ4n) is 2.81. The second-order valence-electron chi connectivity index (χ2n) is 5.38. The van der Waals surface area contributed by atoms with Crippen LogP contribution in [0.25, 0.3) is 0 Å². The fraction of sp³-hybridized carbons (Fsp3) is 0.571. The zero-order valence-electron chi connectivity index (χ0n) is 10.4. The van der Waals surface area contributed by atoms with Crippen LogP contribution in [0.1, 0.15) is 25.8 Å². The maximum Gasteiger partial charge on any atom is 0.124 e. The van der Waals surface area contributed by atoms with Gasteiger partial charge in [0.25, 0.3) is 0 Å².